The standard InChI is InChI=1S/C11H24N2O2S/c1-9-8-13(3)10(2)7-11(9)12-5-6-16(4,14)15/h9-12H,5-8H2,1-4H3. The number of piperidine rings is 1. The van der Waals surface area contributed by atoms with Crippen molar-refractivity contribution >= 4 is 9.84 Å². The first-order chi connectivity index (χ1) is 7.29. The Bertz CT molecular complexity index is 316. The molecule has 0 aromatic heterocycles. The molecule has 4 nitrogen and oxygen atoms in total. The number of nitrogens with one attached hydrogen (secondary N) is 1. The minimum atomic E-state index is -2.84. The lowest BCUT2D eigenvalue weighted by molar-refractivity contribution is 0.123. The van der Waals surface area contributed by atoms with E-state index in [1.807, 2.05) is 0 Å². The summed E-state index contributed by atoms with van der Waals surface area (Å²) in [6.07, 6.45) is 2.39. The Morgan fingerprint density at radius 2 is 2.00 bits per heavy atom. The molecule has 1 N–H and O–H groups in total. The van der Waals surface area contributed by atoms with Gasteiger partial charge in [0.25, 0.3) is 0 Å². The van der Waals surface area contributed by atoms with E-state index in [9.17, 15) is 8.42 Å². The van der Waals surface area contributed by atoms with Gasteiger partial charge in [0.1, 0.15) is 9.84 Å². The molecule has 96 valence electrons. The average Bonchev–Trinajstić information content (AvgIpc) is 2.11. The Hall–Kier alpha value is -0.130. The van der Waals surface area contributed by atoms with Crippen molar-refractivity contribution in [3.8, 4) is 0 Å². The predicted molar refractivity (Wildman–Crippen MR) is 67.4 cm³/mol. The highest BCUT2D eigenvalue weighted by atomic mass is 32.2. The van der Waals surface area contributed by atoms with Crippen LogP contribution in [0.4, 0.5) is 0 Å². The molecular weight excluding hydrogens is 224 g/mol. The summed E-state index contributed by atoms with van der Waals surface area (Å²) in [5.41, 5.74) is 0. The van der Waals surface area contributed by atoms with Crippen molar-refractivity contribution in [2.75, 3.05) is 32.1 Å². The second-order valence-electron chi connectivity index (χ2n) is 5.19. The summed E-state index contributed by atoms with van der Waals surface area (Å²) in [5.74, 6) is 0.821. The van der Waals surface area contributed by atoms with Crippen LogP contribution >= 0.6 is 0 Å². The van der Waals surface area contributed by atoms with Crippen LogP contribution in [0.25, 0.3) is 0 Å². The molecule has 0 radical (unpaired) electrons. The molecule has 0 aliphatic carbocycles. The van der Waals surface area contributed by atoms with E-state index in [1.54, 1.807) is 0 Å². The van der Waals surface area contributed by atoms with Gasteiger partial charge >= 0.3 is 0 Å². The van der Waals surface area contributed by atoms with Crippen LogP contribution < -0.4 is 5.32 Å². The lowest BCUT2D eigenvalue weighted by Gasteiger charge is -2.40. The molecule has 3 atom stereocenters. The highest BCUT2D eigenvalue weighted by Crippen LogP contribution is 2.20. The maximum Gasteiger partial charge on any atom is 0.148 e. The fourth-order valence-corrected chi connectivity index (χ4v) is 2.74. The summed E-state index contributed by atoms with van der Waals surface area (Å²) in [6.45, 7) is 6.10. The fraction of sp³-hybridized carbons (Fsp3) is 1.00. The van der Waals surface area contributed by atoms with Gasteiger partial charge in [-0.25, -0.2) is 8.42 Å². The number of sulfone groups is 1. The fourth-order valence-electron chi connectivity index (χ4n) is 2.26. The minimum absolute atomic E-state index is 0.237. The first-order valence-electron chi connectivity index (χ1n) is 5.91. The number of hydrogen-bond donors (Lipinski definition) is 1. The van der Waals surface area contributed by atoms with E-state index < -0.39 is 9.84 Å². The van der Waals surface area contributed by atoms with Gasteiger partial charge in [-0.05, 0) is 26.3 Å². The maximum atomic E-state index is 11.0. The van der Waals surface area contributed by atoms with Crippen LogP contribution in [0, 0.1) is 5.92 Å². The van der Waals surface area contributed by atoms with Crippen molar-refractivity contribution in [2.24, 2.45) is 5.92 Å². The Kier molecular flexibility index (Phi) is 4.76. The highest BCUT2D eigenvalue weighted by molar-refractivity contribution is 7.90. The Morgan fingerprint density at radius 3 is 2.56 bits per heavy atom. The van der Waals surface area contributed by atoms with E-state index in [-0.39, 0.29) is 5.75 Å². The van der Waals surface area contributed by atoms with Gasteiger partial charge in [-0.2, -0.15) is 0 Å². The van der Waals surface area contributed by atoms with Gasteiger partial charge in [0.2, 0.25) is 0 Å². The number of nitrogens with zero attached hydrogens (tertiary/aromatic N) is 1. The van der Waals surface area contributed by atoms with E-state index in [4.69, 9.17) is 0 Å². The van der Waals surface area contributed by atoms with Crippen LogP contribution in [0.2, 0.25) is 0 Å². The molecule has 0 bridgehead atoms. The Morgan fingerprint density at radius 1 is 1.38 bits per heavy atom. The van der Waals surface area contributed by atoms with E-state index in [2.05, 4.69) is 31.1 Å². The predicted octanol–water partition coefficient (Wildman–Crippen LogP) is 0.349. The summed E-state index contributed by atoms with van der Waals surface area (Å²) in [6, 6.07) is 1.03. The number of rotatable bonds is 4. The third kappa shape index (κ3) is 4.39. The zero-order chi connectivity index (χ0) is 12.3. The molecule has 3 unspecified atom stereocenters. The molecule has 1 saturated heterocycles. The molecule has 1 heterocycles. The molecule has 0 aromatic carbocycles. The van der Waals surface area contributed by atoms with Crippen molar-refractivity contribution in [1.82, 2.24) is 10.2 Å². The van der Waals surface area contributed by atoms with Gasteiger partial charge in [-0.15, -0.1) is 0 Å². The normalized spacial score (nSPS) is 32.9. The molecule has 0 amide bonds. The minimum Gasteiger partial charge on any atom is -0.313 e. The number of hydrogen-bond acceptors (Lipinski definition) is 4. The van der Waals surface area contributed by atoms with Crippen molar-refractivity contribution in [3.63, 3.8) is 0 Å². The molecular formula is C11H24N2O2S. The van der Waals surface area contributed by atoms with Crippen molar-refractivity contribution in [1.29, 1.82) is 0 Å². The second kappa shape index (κ2) is 5.47. The highest BCUT2D eigenvalue weighted by Gasteiger charge is 2.28. The quantitative estimate of drug-likeness (QED) is 0.780. The van der Waals surface area contributed by atoms with Crippen molar-refractivity contribution < 1.29 is 8.42 Å². The maximum absolute atomic E-state index is 11.0. The number of likely N-dealkylation sites (tertiary alicyclic amines) is 1. The zero-order valence-corrected chi connectivity index (χ0v) is 11.5. The third-order valence-corrected chi connectivity index (χ3v) is 4.44. The molecule has 0 aromatic rings. The molecule has 1 rings (SSSR count). The SMILES string of the molecule is CC1CN(C)C(C)CC1NCCS(C)(=O)=O. The van der Waals surface area contributed by atoms with Gasteiger partial charge in [-0.1, -0.05) is 6.92 Å². The van der Waals surface area contributed by atoms with E-state index in [1.165, 1.54) is 6.26 Å². The summed E-state index contributed by atoms with van der Waals surface area (Å²) < 4.78 is 22.0. The van der Waals surface area contributed by atoms with Gasteiger partial charge in [0.15, 0.2) is 0 Å². The first kappa shape index (κ1) is 13.9. The first-order valence-corrected chi connectivity index (χ1v) is 7.97. The Balaban J connectivity index is 2.37. The summed E-state index contributed by atoms with van der Waals surface area (Å²) in [4.78, 5) is 2.36. The topological polar surface area (TPSA) is 49.4 Å². The zero-order valence-electron chi connectivity index (χ0n) is 10.7. The third-order valence-electron chi connectivity index (χ3n) is 3.49. The lowest BCUT2D eigenvalue weighted by atomic mass is 9.90. The Labute approximate surface area is 99.3 Å². The van der Waals surface area contributed by atoms with E-state index in [0.29, 0.717) is 24.5 Å². The van der Waals surface area contributed by atoms with Crippen molar-refractivity contribution in [3.05, 3.63) is 0 Å². The summed E-state index contributed by atoms with van der Waals surface area (Å²) in [7, 11) is -0.693. The average molecular weight is 248 g/mol. The van der Waals surface area contributed by atoms with Crippen LogP contribution in [0.1, 0.15) is 20.3 Å². The summed E-state index contributed by atoms with van der Waals surface area (Å²) in [5, 5.41) is 3.37. The second-order valence-corrected chi connectivity index (χ2v) is 7.45. The lowest BCUT2D eigenvalue weighted by Crippen LogP contribution is -2.51. The van der Waals surface area contributed by atoms with E-state index in [0.717, 1.165) is 13.0 Å². The van der Waals surface area contributed by atoms with Crippen LogP contribution in [-0.4, -0.2) is 57.5 Å². The molecule has 1 aliphatic heterocycles. The van der Waals surface area contributed by atoms with Gasteiger partial charge in [0.05, 0.1) is 5.75 Å². The van der Waals surface area contributed by atoms with Gasteiger partial charge in [0, 0.05) is 31.4 Å². The molecule has 1 aliphatic rings. The molecule has 0 saturated carbocycles. The van der Waals surface area contributed by atoms with E-state index >= 15 is 0 Å². The van der Waals surface area contributed by atoms with Crippen LogP contribution in [0.15, 0.2) is 0 Å². The molecule has 0 spiro atoms. The van der Waals surface area contributed by atoms with Crippen LogP contribution in [-0.2, 0) is 9.84 Å². The van der Waals surface area contributed by atoms with Crippen molar-refractivity contribution in [2.45, 2.75) is 32.4 Å². The van der Waals surface area contributed by atoms with Gasteiger partial charge < -0.3 is 10.2 Å². The monoisotopic (exact) mass is 248 g/mol. The smallest absolute Gasteiger partial charge is 0.148 e. The molecule has 5 heteroatoms. The molecule has 16 heavy (non-hydrogen) atoms. The van der Waals surface area contributed by atoms with Crippen LogP contribution in [0.3, 0.4) is 0 Å². The molecule has 1 fully saturated rings. The van der Waals surface area contributed by atoms with Gasteiger partial charge in [-0.3, -0.25) is 0 Å². The van der Waals surface area contributed by atoms with Crippen LogP contribution in [0.5, 0.6) is 0 Å². The largest absolute Gasteiger partial charge is 0.313 e. The summed E-state index contributed by atoms with van der Waals surface area (Å²) >= 11 is 0.